The van der Waals surface area contributed by atoms with Crippen molar-refractivity contribution in [3.63, 3.8) is 0 Å². The van der Waals surface area contributed by atoms with Crippen molar-refractivity contribution in [1.82, 2.24) is 5.32 Å². The summed E-state index contributed by atoms with van der Waals surface area (Å²) in [5.41, 5.74) is 5.33. The van der Waals surface area contributed by atoms with Gasteiger partial charge >= 0.3 is 0 Å². The van der Waals surface area contributed by atoms with Crippen molar-refractivity contribution in [1.29, 1.82) is 0 Å². The van der Waals surface area contributed by atoms with Crippen LogP contribution in [0, 0.1) is 0 Å². The Morgan fingerprint density at radius 2 is 1.10 bits per heavy atom. The first-order chi connectivity index (χ1) is 14.3. The van der Waals surface area contributed by atoms with E-state index in [9.17, 15) is 4.79 Å². The molecule has 0 unspecified atom stereocenters. The van der Waals surface area contributed by atoms with Crippen molar-refractivity contribution < 1.29 is 14.3 Å². The zero-order valence-electron chi connectivity index (χ0n) is 19.4. The highest BCUT2D eigenvalue weighted by atomic mass is 16.5. The van der Waals surface area contributed by atoms with E-state index in [0.717, 1.165) is 6.42 Å². The van der Waals surface area contributed by atoms with Crippen molar-refractivity contribution in [2.24, 2.45) is 5.73 Å². The second-order valence-corrected chi connectivity index (χ2v) is 8.06. The first-order valence-corrected chi connectivity index (χ1v) is 12.4. The Balaban J connectivity index is 3.12. The minimum Gasteiger partial charge on any atom is -0.378 e. The molecule has 0 atom stereocenters. The normalized spacial score (nSPS) is 11.1. The van der Waals surface area contributed by atoms with Gasteiger partial charge in [0.05, 0.1) is 26.4 Å². The number of unbranched alkanes of at least 4 members (excludes halogenated alkanes) is 14. The number of carbonyl (C=O) groups excluding carboxylic acids is 1. The zero-order chi connectivity index (χ0) is 21.3. The Morgan fingerprint density at radius 1 is 0.655 bits per heavy atom. The molecule has 0 heterocycles. The van der Waals surface area contributed by atoms with Gasteiger partial charge in [0.1, 0.15) is 0 Å². The maximum atomic E-state index is 11.7. The molecule has 5 heteroatoms. The standard InChI is InChI=1S/C24H50N2O3/c1-2-3-4-5-6-7-8-9-10-11-12-13-14-15-16-17-24(27)26-19-21-29-23-22-28-20-18-25/h2-23,25H2,1H3,(H,26,27). The van der Waals surface area contributed by atoms with Gasteiger partial charge in [0.25, 0.3) is 0 Å². The number of nitrogens with one attached hydrogen (secondary N) is 1. The molecule has 1 amide bonds. The Morgan fingerprint density at radius 3 is 1.59 bits per heavy atom. The van der Waals surface area contributed by atoms with Gasteiger partial charge in [0, 0.05) is 19.5 Å². The van der Waals surface area contributed by atoms with Crippen LogP contribution in [-0.2, 0) is 14.3 Å². The molecule has 0 saturated heterocycles. The van der Waals surface area contributed by atoms with Crippen molar-refractivity contribution in [3.8, 4) is 0 Å². The van der Waals surface area contributed by atoms with Gasteiger partial charge in [-0.05, 0) is 6.42 Å². The first kappa shape index (κ1) is 28.4. The van der Waals surface area contributed by atoms with Gasteiger partial charge in [-0.25, -0.2) is 0 Å². The lowest BCUT2D eigenvalue weighted by atomic mass is 10.0. The largest absolute Gasteiger partial charge is 0.378 e. The first-order valence-electron chi connectivity index (χ1n) is 12.4. The maximum Gasteiger partial charge on any atom is 0.220 e. The lowest BCUT2D eigenvalue weighted by Crippen LogP contribution is -2.27. The monoisotopic (exact) mass is 414 g/mol. The molecule has 0 radical (unpaired) electrons. The van der Waals surface area contributed by atoms with E-state index in [2.05, 4.69) is 12.2 Å². The smallest absolute Gasteiger partial charge is 0.220 e. The van der Waals surface area contributed by atoms with Crippen LogP contribution in [0.5, 0.6) is 0 Å². The summed E-state index contributed by atoms with van der Waals surface area (Å²) in [5, 5.41) is 2.91. The summed E-state index contributed by atoms with van der Waals surface area (Å²) in [5.74, 6) is 0.141. The van der Waals surface area contributed by atoms with Gasteiger partial charge in [-0.3, -0.25) is 4.79 Å². The number of rotatable bonds is 24. The molecular weight excluding hydrogens is 364 g/mol. The average Bonchev–Trinajstić information content (AvgIpc) is 2.72. The second kappa shape index (κ2) is 25.4. The van der Waals surface area contributed by atoms with Crippen molar-refractivity contribution in [2.45, 2.75) is 110 Å². The molecule has 0 aromatic heterocycles. The van der Waals surface area contributed by atoms with Gasteiger partial charge in [-0.15, -0.1) is 0 Å². The molecule has 29 heavy (non-hydrogen) atoms. The minimum absolute atomic E-state index is 0.141. The number of carbonyl (C=O) groups is 1. The van der Waals surface area contributed by atoms with Crippen LogP contribution in [0.2, 0.25) is 0 Å². The fourth-order valence-electron chi connectivity index (χ4n) is 3.41. The molecule has 5 nitrogen and oxygen atoms in total. The molecular formula is C24H50N2O3. The molecule has 0 fully saturated rings. The molecule has 0 spiro atoms. The van der Waals surface area contributed by atoms with Gasteiger partial charge < -0.3 is 20.5 Å². The lowest BCUT2D eigenvalue weighted by Gasteiger charge is -2.07. The predicted octanol–water partition coefficient (Wildman–Crippen LogP) is 5.36. The molecule has 0 bridgehead atoms. The number of ether oxygens (including phenoxy) is 2. The fraction of sp³-hybridized carbons (Fsp3) is 0.958. The Kier molecular flexibility index (Phi) is 24.8. The van der Waals surface area contributed by atoms with E-state index in [1.165, 1.54) is 89.9 Å². The van der Waals surface area contributed by atoms with E-state index < -0.39 is 0 Å². The Bertz CT molecular complexity index is 327. The summed E-state index contributed by atoms with van der Waals surface area (Å²) < 4.78 is 10.6. The van der Waals surface area contributed by atoms with E-state index >= 15 is 0 Å². The molecule has 0 aliphatic carbocycles. The molecule has 3 N–H and O–H groups in total. The van der Waals surface area contributed by atoms with Crippen molar-refractivity contribution in [2.75, 3.05) is 39.5 Å². The maximum absolute atomic E-state index is 11.7. The molecule has 0 saturated carbocycles. The molecule has 0 aromatic rings. The summed E-state index contributed by atoms with van der Waals surface area (Å²) in [6.45, 7) is 5.61. The van der Waals surface area contributed by atoms with Gasteiger partial charge in [0.15, 0.2) is 0 Å². The van der Waals surface area contributed by atoms with Gasteiger partial charge in [-0.2, -0.15) is 0 Å². The third kappa shape index (κ3) is 25.3. The highest BCUT2D eigenvalue weighted by molar-refractivity contribution is 5.75. The highest BCUT2D eigenvalue weighted by Crippen LogP contribution is 2.13. The van der Waals surface area contributed by atoms with Crippen LogP contribution in [0.3, 0.4) is 0 Å². The second-order valence-electron chi connectivity index (χ2n) is 8.06. The summed E-state index contributed by atoms with van der Waals surface area (Å²) in [6.07, 6.45) is 20.8. The summed E-state index contributed by atoms with van der Waals surface area (Å²) in [6, 6.07) is 0. The highest BCUT2D eigenvalue weighted by Gasteiger charge is 2.00. The van der Waals surface area contributed by atoms with Crippen molar-refractivity contribution in [3.05, 3.63) is 0 Å². The van der Waals surface area contributed by atoms with E-state index in [1.807, 2.05) is 0 Å². The summed E-state index contributed by atoms with van der Waals surface area (Å²) in [7, 11) is 0. The molecule has 0 aliphatic heterocycles. The molecule has 0 aliphatic rings. The van der Waals surface area contributed by atoms with Crippen molar-refractivity contribution >= 4 is 5.91 Å². The number of nitrogens with two attached hydrogens (primary N) is 1. The van der Waals surface area contributed by atoms with Crippen LogP contribution in [-0.4, -0.2) is 45.4 Å². The lowest BCUT2D eigenvalue weighted by molar-refractivity contribution is -0.121. The quantitative estimate of drug-likeness (QED) is 0.209. The minimum atomic E-state index is 0.141. The van der Waals surface area contributed by atoms with E-state index in [1.54, 1.807) is 0 Å². The van der Waals surface area contributed by atoms with Gasteiger partial charge in [-0.1, -0.05) is 96.8 Å². The van der Waals surface area contributed by atoms with Crippen LogP contribution in [0.4, 0.5) is 0 Å². The Hall–Kier alpha value is -0.650. The number of hydrogen-bond donors (Lipinski definition) is 2. The Labute approximate surface area is 180 Å². The third-order valence-electron chi connectivity index (χ3n) is 5.21. The average molecular weight is 415 g/mol. The van der Waals surface area contributed by atoms with Crippen LogP contribution in [0.1, 0.15) is 110 Å². The third-order valence-corrected chi connectivity index (χ3v) is 5.21. The van der Waals surface area contributed by atoms with E-state index in [0.29, 0.717) is 45.9 Å². The predicted molar refractivity (Wildman–Crippen MR) is 123 cm³/mol. The van der Waals surface area contributed by atoms with E-state index in [4.69, 9.17) is 15.2 Å². The molecule has 174 valence electrons. The summed E-state index contributed by atoms with van der Waals surface area (Å²) in [4.78, 5) is 11.7. The SMILES string of the molecule is CCCCCCCCCCCCCCCCCC(=O)NCCOCCOCCN. The zero-order valence-corrected chi connectivity index (χ0v) is 19.4. The molecule has 0 aromatic carbocycles. The van der Waals surface area contributed by atoms with Crippen LogP contribution >= 0.6 is 0 Å². The molecule has 0 rings (SSSR count). The summed E-state index contributed by atoms with van der Waals surface area (Å²) >= 11 is 0. The van der Waals surface area contributed by atoms with Crippen LogP contribution < -0.4 is 11.1 Å². The number of amides is 1. The number of hydrogen-bond acceptors (Lipinski definition) is 4. The fourth-order valence-corrected chi connectivity index (χ4v) is 3.41. The van der Waals surface area contributed by atoms with Crippen LogP contribution in [0.15, 0.2) is 0 Å². The topological polar surface area (TPSA) is 73.6 Å². The van der Waals surface area contributed by atoms with E-state index in [-0.39, 0.29) is 5.91 Å². The van der Waals surface area contributed by atoms with Gasteiger partial charge in [0.2, 0.25) is 5.91 Å². The van der Waals surface area contributed by atoms with Crippen LogP contribution in [0.25, 0.3) is 0 Å².